The van der Waals surface area contributed by atoms with Gasteiger partial charge in [-0.05, 0) is 36.4 Å². The van der Waals surface area contributed by atoms with E-state index in [1.54, 1.807) is 12.1 Å². The summed E-state index contributed by atoms with van der Waals surface area (Å²) in [7, 11) is 1.47. The molecule has 0 atom stereocenters. The molecule has 1 heterocycles. The second kappa shape index (κ2) is 5.20. The Kier molecular flexibility index (Phi) is 3.51. The number of anilines is 1. The molecule has 0 spiro atoms. The quantitative estimate of drug-likeness (QED) is 0.656. The van der Waals surface area contributed by atoms with E-state index in [1.165, 1.54) is 18.8 Å². The van der Waals surface area contributed by atoms with E-state index in [1.807, 2.05) is 24.3 Å². The second-order valence-electron chi connectivity index (χ2n) is 4.66. The van der Waals surface area contributed by atoms with Crippen molar-refractivity contribution in [2.24, 2.45) is 0 Å². The average molecular weight is 363 g/mol. The minimum atomic E-state index is -0.304. The minimum absolute atomic E-state index is 0.285. The van der Waals surface area contributed by atoms with Crippen molar-refractivity contribution in [3.05, 3.63) is 52.0 Å². The van der Waals surface area contributed by atoms with Crippen LogP contribution in [0.1, 0.15) is 20.7 Å². The minimum Gasteiger partial charge on any atom is -0.398 e. The van der Waals surface area contributed by atoms with Gasteiger partial charge in [-0.3, -0.25) is 14.5 Å². The number of carbonyl (C=O) groups is 2. The van der Waals surface area contributed by atoms with Crippen molar-refractivity contribution in [3.63, 3.8) is 0 Å². The van der Waals surface area contributed by atoms with Gasteiger partial charge in [0.2, 0.25) is 0 Å². The smallest absolute Gasteiger partial charge is 0.261 e. The van der Waals surface area contributed by atoms with E-state index in [4.69, 9.17) is 5.73 Å². The van der Waals surface area contributed by atoms with Crippen molar-refractivity contribution in [2.45, 2.75) is 9.79 Å². The topological polar surface area (TPSA) is 63.4 Å². The lowest BCUT2D eigenvalue weighted by molar-refractivity contribution is 0.0693. The molecule has 2 amide bonds. The third-order valence-corrected chi connectivity index (χ3v) is 4.87. The van der Waals surface area contributed by atoms with Gasteiger partial charge in [0.25, 0.3) is 11.8 Å². The van der Waals surface area contributed by atoms with Crippen LogP contribution in [-0.2, 0) is 0 Å². The monoisotopic (exact) mass is 362 g/mol. The fourth-order valence-electron chi connectivity index (χ4n) is 2.12. The Bertz CT molecular complexity index is 759. The summed E-state index contributed by atoms with van der Waals surface area (Å²) < 4.78 is 0.996. The van der Waals surface area contributed by atoms with Crippen LogP contribution >= 0.6 is 27.7 Å². The Morgan fingerprint density at radius 1 is 1.05 bits per heavy atom. The molecule has 0 aromatic heterocycles. The molecule has 0 radical (unpaired) electrons. The van der Waals surface area contributed by atoms with E-state index < -0.39 is 0 Å². The van der Waals surface area contributed by atoms with Gasteiger partial charge in [0.05, 0.1) is 11.1 Å². The lowest BCUT2D eigenvalue weighted by Crippen LogP contribution is -2.24. The maximum atomic E-state index is 12.0. The number of benzene rings is 2. The van der Waals surface area contributed by atoms with Crippen LogP contribution in [0.2, 0.25) is 0 Å². The van der Waals surface area contributed by atoms with Crippen molar-refractivity contribution in [2.75, 3.05) is 12.8 Å². The zero-order valence-electron chi connectivity index (χ0n) is 11.1. The average Bonchev–Trinajstić information content (AvgIpc) is 2.67. The zero-order valence-corrected chi connectivity index (χ0v) is 13.5. The molecule has 2 aromatic rings. The molecule has 2 aromatic carbocycles. The number of imide groups is 1. The van der Waals surface area contributed by atoms with Gasteiger partial charge in [-0.25, -0.2) is 0 Å². The number of hydrogen-bond acceptors (Lipinski definition) is 4. The Balaban J connectivity index is 2.00. The number of halogens is 1. The summed E-state index contributed by atoms with van der Waals surface area (Å²) in [5, 5.41) is 0. The summed E-state index contributed by atoms with van der Waals surface area (Å²) in [6.45, 7) is 0. The summed E-state index contributed by atoms with van der Waals surface area (Å²) in [5.41, 5.74) is 7.30. The van der Waals surface area contributed by atoms with Crippen molar-refractivity contribution < 1.29 is 9.59 Å². The number of rotatable bonds is 2. The summed E-state index contributed by atoms with van der Waals surface area (Å²) in [6.07, 6.45) is 0. The highest BCUT2D eigenvalue weighted by atomic mass is 79.9. The first-order valence-electron chi connectivity index (χ1n) is 6.16. The van der Waals surface area contributed by atoms with E-state index in [0.717, 1.165) is 19.2 Å². The Morgan fingerprint density at radius 3 is 2.24 bits per heavy atom. The molecule has 1 aliphatic heterocycles. The Hall–Kier alpha value is -1.79. The van der Waals surface area contributed by atoms with E-state index in [0.29, 0.717) is 16.8 Å². The number of nitrogens with zero attached hydrogens (tertiary/aromatic N) is 1. The first-order valence-corrected chi connectivity index (χ1v) is 7.77. The molecule has 0 fully saturated rings. The number of nitrogen functional groups attached to an aromatic ring is 1. The summed E-state index contributed by atoms with van der Waals surface area (Å²) in [6, 6.07) is 11.1. The van der Waals surface area contributed by atoms with Gasteiger partial charge >= 0.3 is 0 Å². The highest BCUT2D eigenvalue weighted by Gasteiger charge is 2.33. The van der Waals surface area contributed by atoms with Gasteiger partial charge in [-0.2, -0.15) is 0 Å². The third-order valence-electron chi connectivity index (χ3n) is 3.26. The molecule has 6 heteroatoms. The van der Waals surface area contributed by atoms with Crippen LogP contribution in [0.15, 0.2) is 50.7 Å². The highest BCUT2D eigenvalue weighted by Crippen LogP contribution is 2.36. The van der Waals surface area contributed by atoms with Gasteiger partial charge in [-0.1, -0.05) is 27.7 Å². The molecule has 0 saturated carbocycles. The molecule has 106 valence electrons. The number of hydrogen-bond donors (Lipinski definition) is 1. The van der Waals surface area contributed by atoms with E-state index in [-0.39, 0.29) is 11.8 Å². The molecule has 0 saturated heterocycles. The maximum Gasteiger partial charge on any atom is 0.261 e. The van der Waals surface area contributed by atoms with Crippen molar-refractivity contribution in [3.8, 4) is 0 Å². The lowest BCUT2D eigenvalue weighted by atomic mass is 10.1. The molecule has 0 bridgehead atoms. The summed E-state index contributed by atoms with van der Waals surface area (Å²) >= 11 is 4.85. The maximum absolute atomic E-state index is 12.0. The standard InChI is InChI=1S/C15H11BrN2O2S/c1-18-14(19)10-6-12(17)13(7-11(10)15(18)20)21-9-4-2-8(16)3-5-9/h2-7H,17H2,1H3. The third kappa shape index (κ3) is 2.45. The van der Waals surface area contributed by atoms with Gasteiger partial charge in [0.15, 0.2) is 0 Å². The second-order valence-corrected chi connectivity index (χ2v) is 6.69. The number of fused-ring (bicyclic) bond motifs is 1. The van der Waals surface area contributed by atoms with Crippen LogP contribution in [0, 0.1) is 0 Å². The lowest BCUT2D eigenvalue weighted by Gasteiger charge is -2.07. The van der Waals surface area contributed by atoms with Crippen molar-refractivity contribution >= 4 is 45.2 Å². The van der Waals surface area contributed by atoms with Crippen LogP contribution in [-0.4, -0.2) is 23.8 Å². The van der Waals surface area contributed by atoms with Crippen LogP contribution < -0.4 is 5.73 Å². The van der Waals surface area contributed by atoms with Crippen LogP contribution in [0.3, 0.4) is 0 Å². The highest BCUT2D eigenvalue weighted by molar-refractivity contribution is 9.10. The Morgan fingerprint density at radius 2 is 1.62 bits per heavy atom. The molecular formula is C15H11BrN2O2S. The van der Waals surface area contributed by atoms with Crippen LogP contribution in [0.5, 0.6) is 0 Å². The van der Waals surface area contributed by atoms with Crippen molar-refractivity contribution in [1.29, 1.82) is 0 Å². The number of amides is 2. The SMILES string of the molecule is CN1C(=O)c2cc(N)c(Sc3ccc(Br)cc3)cc2C1=O. The van der Waals surface area contributed by atoms with Crippen LogP contribution in [0.25, 0.3) is 0 Å². The zero-order chi connectivity index (χ0) is 15.1. The number of nitrogens with two attached hydrogens (primary N) is 1. The fourth-order valence-corrected chi connectivity index (χ4v) is 3.27. The molecule has 2 N–H and O–H groups in total. The molecule has 0 aliphatic carbocycles. The molecule has 0 unspecified atom stereocenters. The van der Waals surface area contributed by atoms with Gasteiger partial charge in [0.1, 0.15) is 0 Å². The summed E-state index contributed by atoms with van der Waals surface area (Å²) in [5.74, 6) is -0.588. The molecular weight excluding hydrogens is 352 g/mol. The van der Waals surface area contributed by atoms with Gasteiger partial charge < -0.3 is 5.73 Å². The predicted octanol–water partition coefficient (Wildman–Crippen LogP) is 3.41. The predicted molar refractivity (Wildman–Crippen MR) is 85.5 cm³/mol. The summed E-state index contributed by atoms with van der Waals surface area (Å²) in [4.78, 5) is 26.8. The van der Waals surface area contributed by atoms with Gasteiger partial charge in [0, 0.05) is 27.0 Å². The first-order chi connectivity index (χ1) is 9.97. The fraction of sp³-hybridized carbons (Fsp3) is 0.0667. The normalized spacial score (nSPS) is 13.7. The number of carbonyl (C=O) groups excluding carboxylic acids is 2. The largest absolute Gasteiger partial charge is 0.398 e. The van der Waals surface area contributed by atoms with Crippen molar-refractivity contribution in [1.82, 2.24) is 4.90 Å². The molecule has 21 heavy (non-hydrogen) atoms. The molecule has 3 rings (SSSR count). The molecule has 4 nitrogen and oxygen atoms in total. The van der Waals surface area contributed by atoms with E-state index in [9.17, 15) is 9.59 Å². The van der Waals surface area contributed by atoms with E-state index >= 15 is 0 Å². The van der Waals surface area contributed by atoms with E-state index in [2.05, 4.69) is 15.9 Å². The Labute approximate surface area is 134 Å². The molecule has 1 aliphatic rings. The first kappa shape index (κ1) is 14.2. The van der Waals surface area contributed by atoms with Gasteiger partial charge in [-0.15, -0.1) is 0 Å². The van der Waals surface area contributed by atoms with Crippen LogP contribution in [0.4, 0.5) is 5.69 Å².